The van der Waals surface area contributed by atoms with Gasteiger partial charge in [-0.25, -0.2) is 4.98 Å². The normalized spacial score (nSPS) is 13.7. The van der Waals surface area contributed by atoms with Crippen LogP contribution in [0.1, 0.15) is 5.69 Å². The van der Waals surface area contributed by atoms with Crippen LogP contribution in [0.25, 0.3) is 10.8 Å². The van der Waals surface area contributed by atoms with Gasteiger partial charge in [-0.2, -0.15) is 0 Å². The number of halogens is 1. The predicted molar refractivity (Wildman–Crippen MR) is 59.6 cm³/mol. The van der Waals surface area contributed by atoms with Crippen LogP contribution in [0.3, 0.4) is 0 Å². The summed E-state index contributed by atoms with van der Waals surface area (Å²) in [6.07, 6.45) is 1.45. The highest BCUT2D eigenvalue weighted by Crippen LogP contribution is 2.33. The molecule has 0 amide bonds. The van der Waals surface area contributed by atoms with Crippen molar-refractivity contribution >= 4 is 28.8 Å². The smallest absolute Gasteiger partial charge is 0.177 e. The highest BCUT2D eigenvalue weighted by atomic mass is 35.5. The van der Waals surface area contributed by atoms with Crippen LogP contribution < -0.4 is 4.74 Å². The van der Waals surface area contributed by atoms with E-state index in [1.807, 2.05) is 24.3 Å². The minimum absolute atomic E-state index is 0.505. The molecule has 0 atom stereocenters. The lowest BCUT2D eigenvalue weighted by Gasteiger charge is -2.13. The summed E-state index contributed by atoms with van der Waals surface area (Å²) < 4.78 is 5.38. The first-order valence-electron chi connectivity index (χ1n) is 4.58. The number of fused-ring (bicyclic) bond motifs is 3. The summed E-state index contributed by atoms with van der Waals surface area (Å²) in [5.74, 6) is 0.769. The van der Waals surface area contributed by atoms with Gasteiger partial charge in [0, 0.05) is 10.8 Å². The Hall–Kier alpha value is -1.61. The maximum absolute atomic E-state index is 6.08. The van der Waals surface area contributed by atoms with Crippen molar-refractivity contribution < 1.29 is 4.74 Å². The van der Waals surface area contributed by atoms with Crippen LogP contribution in [0.2, 0.25) is 5.15 Å². The summed E-state index contributed by atoms with van der Waals surface area (Å²) >= 11 is 6.08. The molecule has 15 heavy (non-hydrogen) atoms. The summed E-state index contributed by atoms with van der Waals surface area (Å²) in [7, 11) is 0. The minimum Gasteiger partial charge on any atom is -0.443 e. The molecule has 0 bridgehead atoms. The van der Waals surface area contributed by atoms with Gasteiger partial charge in [0.1, 0.15) is 10.8 Å². The first-order valence-corrected chi connectivity index (χ1v) is 4.96. The van der Waals surface area contributed by atoms with E-state index < -0.39 is 0 Å². The monoisotopic (exact) mass is 218 g/mol. The average Bonchev–Trinajstić information content (AvgIpc) is 2.30. The Balaban J connectivity index is 2.42. The highest BCUT2D eigenvalue weighted by molar-refractivity contribution is 6.34. The van der Waals surface area contributed by atoms with Crippen molar-refractivity contribution in [2.75, 3.05) is 0 Å². The molecule has 0 unspecified atom stereocenters. The molecule has 0 fully saturated rings. The van der Waals surface area contributed by atoms with E-state index >= 15 is 0 Å². The molecule has 0 saturated carbocycles. The van der Waals surface area contributed by atoms with Crippen LogP contribution in [0.4, 0.5) is 0 Å². The van der Waals surface area contributed by atoms with Crippen LogP contribution in [-0.4, -0.2) is 11.4 Å². The number of benzene rings is 1. The Morgan fingerprint density at radius 1 is 1.20 bits per heavy atom. The Kier molecular flexibility index (Phi) is 1.86. The summed E-state index contributed by atoms with van der Waals surface area (Å²) in [5, 5.41) is 2.40. The molecule has 3 nitrogen and oxygen atoms in total. The summed E-state index contributed by atoms with van der Waals surface area (Å²) in [4.78, 5) is 8.27. The van der Waals surface area contributed by atoms with Gasteiger partial charge in [-0.1, -0.05) is 35.9 Å². The van der Waals surface area contributed by atoms with Gasteiger partial charge in [-0.15, -0.1) is 0 Å². The number of nitrogens with zero attached hydrogens (tertiary/aromatic N) is 2. The molecule has 0 radical (unpaired) electrons. The van der Waals surface area contributed by atoms with Crippen LogP contribution >= 0.6 is 11.6 Å². The first kappa shape index (κ1) is 8.68. The zero-order valence-corrected chi connectivity index (χ0v) is 8.53. The van der Waals surface area contributed by atoms with Crippen LogP contribution in [0.15, 0.2) is 29.3 Å². The fraction of sp³-hybridized carbons (Fsp3) is 0.0909. The van der Waals surface area contributed by atoms with Crippen molar-refractivity contribution in [3.63, 3.8) is 0 Å². The number of aliphatic imine (C=N–C) groups is 1. The molecule has 0 N–H and O–H groups in total. The number of rotatable bonds is 0. The molecular formula is C11H7ClN2O. The predicted octanol–water partition coefficient (Wildman–Crippen LogP) is 2.81. The van der Waals surface area contributed by atoms with Crippen molar-refractivity contribution in [3.05, 3.63) is 35.1 Å². The molecule has 1 aliphatic rings. The second-order valence-corrected chi connectivity index (χ2v) is 3.65. The molecule has 0 aliphatic carbocycles. The van der Waals surface area contributed by atoms with Gasteiger partial charge in [-0.3, -0.25) is 4.99 Å². The third-order valence-electron chi connectivity index (χ3n) is 2.38. The summed E-state index contributed by atoms with van der Waals surface area (Å²) in [6, 6.07) is 7.79. The maximum atomic E-state index is 6.08. The molecule has 74 valence electrons. The van der Waals surface area contributed by atoms with Gasteiger partial charge >= 0.3 is 0 Å². The highest BCUT2D eigenvalue weighted by Gasteiger charge is 2.15. The Morgan fingerprint density at radius 3 is 2.87 bits per heavy atom. The second-order valence-electron chi connectivity index (χ2n) is 3.29. The van der Waals surface area contributed by atoms with E-state index in [-0.39, 0.29) is 0 Å². The summed E-state index contributed by atoms with van der Waals surface area (Å²) in [5.41, 5.74) is 0.793. The van der Waals surface area contributed by atoms with Gasteiger partial charge in [0.2, 0.25) is 0 Å². The SMILES string of the molecule is Clc1nc2c(c3ccccc13)OC=NC2. The van der Waals surface area contributed by atoms with Gasteiger partial charge < -0.3 is 4.74 Å². The van der Waals surface area contributed by atoms with Crippen LogP contribution in [0, 0.1) is 0 Å². The summed E-state index contributed by atoms with van der Waals surface area (Å²) in [6.45, 7) is 0.528. The van der Waals surface area contributed by atoms with E-state index in [4.69, 9.17) is 16.3 Å². The van der Waals surface area contributed by atoms with Crippen molar-refractivity contribution in [3.8, 4) is 5.75 Å². The topological polar surface area (TPSA) is 34.5 Å². The molecule has 1 aliphatic heterocycles. The second kappa shape index (κ2) is 3.21. The number of hydrogen-bond acceptors (Lipinski definition) is 3. The Morgan fingerprint density at radius 2 is 2.00 bits per heavy atom. The third kappa shape index (κ3) is 1.27. The van der Waals surface area contributed by atoms with Crippen molar-refractivity contribution in [2.45, 2.75) is 6.54 Å². The number of ether oxygens (including phenoxy) is 1. The van der Waals surface area contributed by atoms with Crippen molar-refractivity contribution in [1.82, 2.24) is 4.98 Å². The molecular weight excluding hydrogens is 212 g/mol. The standard InChI is InChI=1S/C11H7ClN2O/c12-11-8-4-2-1-3-7(8)10-9(14-11)5-13-6-15-10/h1-4,6H,5H2. The van der Waals surface area contributed by atoms with E-state index in [0.29, 0.717) is 11.7 Å². The zero-order chi connectivity index (χ0) is 10.3. The van der Waals surface area contributed by atoms with Crippen LogP contribution in [-0.2, 0) is 6.54 Å². The lowest BCUT2D eigenvalue weighted by atomic mass is 10.1. The van der Waals surface area contributed by atoms with Gasteiger partial charge in [0.05, 0.1) is 6.54 Å². The molecule has 2 aromatic rings. The largest absolute Gasteiger partial charge is 0.443 e. The van der Waals surface area contributed by atoms with Crippen molar-refractivity contribution in [2.24, 2.45) is 4.99 Å². The molecule has 0 saturated heterocycles. The lowest BCUT2D eigenvalue weighted by molar-refractivity contribution is 0.546. The number of aromatic nitrogens is 1. The number of hydrogen-bond donors (Lipinski definition) is 0. The molecule has 4 heteroatoms. The van der Waals surface area contributed by atoms with Crippen LogP contribution in [0.5, 0.6) is 5.75 Å². The van der Waals surface area contributed by atoms with E-state index in [2.05, 4.69) is 9.98 Å². The quantitative estimate of drug-likeness (QED) is 0.638. The molecule has 1 aromatic carbocycles. The lowest BCUT2D eigenvalue weighted by Crippen LogP contribution is -2.04. The molecule has 2 heterocycles. The fourth-order valence-electron chi connectivity index (χ4n) is 1.70. The minimum atomic E-state index is 0.505. The van der Waals surface area contributed by atoms with Gasteiger partial charge in [0.25, 0.3) is 0 Å². The van der Waals surface area contributed by atoms with Crippen molar-refractivity contribution in [1.29, 1.82) is 0 Å². The van der Waals surface area contributed by atoms with E-state index in [9.17, 15) is 0 Å². The molecule has 3 rings (SSSR count). The van der Waals surface area contributed by atoms with E-state index in [0.717, 1.165) is 22.2 Å². The maximum Gasteiger partial charge on any atom is 0.177 e. The first-order chi connectivity index (χ1) is 7.36. The number of pyridine rings is 1. The van der Waals surface area contributed by atoms with E-state index in [1.165, 1.54) is 6.40 Å². The third-order valence-corrected chi connectivity index (χ3v) is 2.66. The van der Waals surface area contributed by atoms with Gasteiger partial charge in [-0.05, 0) is 0 Å². The molecule has 1 aromatic heterocycles. The molecule has 0 spiro atoms. The van der Waals surface area contributed by atoms with E-state index in [1.54, 1.807) is 0 Å². The Labute approximate surface area is 91.4 Å². The average molecular weight is 219 g/mol. The Bertz CT molecular complexity index is 566. The van der Waals surface area contributed by atoms with Gasteiger partial charge in [0.15, 0.2) is 12.2 Å². The zero-order valence-electron chi connectivity index (χ0n) is 7.77. The fourth-order valence-corrected chi connectivity index (χ4v) is 1.97.